The first kappa shape index (κ1) is 16.0. The van der Waals surface area contributed by atoms with Crippen molar-refractivity contribution in [1.29, 1.82) is 0 Å². The van der Waals surface area contributed by atoms with Crippen LogP contribution in [-0.4, -0.2) is 42.6 Å². The number of nitrogens with two attached hydrogens (primary N) is 1. The minimum Gasteiger partial charge on any atom is -0.465 e. The Balaban J connectivity index is 3.53. The van der Waals surface area contributed by atoms with Crippen molar-refractivity contribution in [1.82, 2.24) is 5.32 Å². The number of hydrogen-bond donors (Lipinski definition) is 2. The van der Waals surface area contributed by atoms with Gasteiger partial charge in [-0.3, -0.25) is 9.59 Å². The van der Waals surface area contributed by atoms with Crippen LogP contribution in [0.25, 0.3) is 0 Å². The molecule has 0 aromatic carbocycles. The van der Waals surface area contributed by atoms with E-state index in [1.54, 1.807) is 13.0 Å². The molecule has 0 bridgehead atoms. The number of thioether (sulfide) groups is 1. The molecule has 5 nitrogen and oxygen atoms in total. The Morgan fingerprint density at radius 2 is 2.29 bits per heavy atom. The van der Waals surface area contributed by atoms with Crippen LogP contribution in [-0.2, 0) is 14.3 Å². The maximum absolute atomic E-state index is 11.2. The van der Waals surface area contributed by atoms with Crippen molar-refractivity contribution in [2.24, 2.45) is 5.73 Å². The van der Waals surface area contributed by atoms with E-state index in [2.05, 4.69) is 11.9 Å². The summed E-state index contributed by atoms with van der Waals surface area (Å²) < 4.78 is 4.77. The molecule has 0 aliphatic heterocycles. The Morgan fingerprint density at radius 1 is 1.59 bits per heavy atom. The molecule has 0 aromatic rings. The molecule has 17 heavy (non-hydrogen) atoms. The minimum absolute atomic E-state index is 0.0420. The number of carbonyl (C=O) groups is 2. The predicted octanol–water partition coefficient (Wildman–Crippen LogP) is 0.302. The summed E-state index contributed by atoms with van der Waals surface area (Å²) in [6.07, 6.45) is 2.14. The Kier molecular flexibility index (Phi) is 9.56. The quantitative estimate of drug-likeness (QED) is 0.354. The van der Waals surface area contributed by atoms with E-state index in [0.717, 1.165) is 0 Å². The molecule has 0 saturated heterocycles. The molecule has 0 fully saturated rings. The first-order valence-corrected chi connectivity index (χ1v) is 6.64. The lowest BCUT2D eigenvalue weighted by atomic mass is 10.2. The summed E-state index contributed by atoms with van der Waals surface area (Å²) in [5.74, 6) is 0.592. The number of rotatable bonds is 9. The molecule has 1 unspecified atom stereocenters. The van der Waals surface area contributed by atoms with Gasteiger partial charge in [-0.15, -0.1) is 6.58 Å². The minimum atomic E-state index is -0.598. The molecule has 6 heteroatoms. The Bertz CT molecular complexity index is 259. The molecule has 0 aliphatic carbocycles. The van der Waals surface area contributed by atoms with E-state index in [0.29, 0.717) is 31.1 Å². The Morgan fingerprint density at radius 3 is 2.88 bits per heavy atom. The standard InChI is InChI=1S/C11H20N2O3S/c1-3-6-13-10(14)8-17-7-5-9(12)11(15)16-4-2/h3,9H,1,4-8,12H2,2H3,(H,13,14). The van der Waals surface area contributed by atoms with E-state index in [1.165, 1.54) is 11.8 Å². The van der Waals surface area contributed by atoms with Gasteiger partial charge in [0.05, 0.1) is 12.4 Å². The highest BCUT2D eigenvalue weighted by Gasteiger charge is 2.13. The van der Waals surface area contributed by atoms with E-state index in [9.17, 15) is 9.59 Å². The van der Waals surface area contributed by atoms with Crippen LogP contribution in [0.5, 0.6) is 0 Å². The second-order valence-corrected chi connectivity index (χ2v) is 4.40. The number of esters is 1. The van der Waals surface area contributed by atoms with E-state index < -0.39 is 6.04 Å². The molecule has 0 aliphatic rings. The topological polar surface area (TPSA) is 81.4 Å². The van der Waals surface area contributed by atoms with Crippen molar-refractivity contribution in [2.75, 3.05) is 24.7 Å². The third kappa shape index (κ3) is 8.76. The summed E-state index contributed by atoms with van der Waals surface area (Å²) >= 11 is 1.44. The smallest absolute Gasteiger partial charge is 0.322 e. The summed E-state index contributed by atoms with van der Waals surface area (Å²) in [4.78, 5) is 22.3. The highest BCUT2D eigenvalue weighted by molar-refractivity contribution is 7.99. The molecule has 3 N–H and O–H groups in total. The van der Waals surface area contributed by atoms with Crippen LogP contribution in [0.15, 0.2) is 12.7 Å². The second kappa shape index (κ2) is 10.2. The molecule has 0 aromatic heterocycles. The summed E-state index contributed by atoms with van der Waals surface area (Å²) in [6.45, 7) is 6.05. The Hall–Kier alpha value is -1.01. The van der Waals surface area contributed by atoms with Gasteiger partial charge in [-0.05, 0) is 19.1 Å². The van der Waals surface area contributed by atoms with Crippen molar-refractivity contribution < 1.29 is 14.3 Å². The maximum Gasteiger partial charge on any atom is 0.322 e. The lowest BCUT2D eigenvalue weighted by molar-refractivity contribution is -0.144. The lowest BCUT2D eigenvalue weighted by Crippen LogP contribution is -2.33. The Labute approximate surface area is 106 Å². The number of amides is 1. The van der Waals surface area contributed by atoms with E-state index in [-0.39, 0.29) is 11.9 Å². The molecule has 1 amide bonds. The second-order valence-electron chi connectivity index (χ2n) is 3.29. The van der Waals surface area contributed by atoms with Crippen LogP contribution >= 0.6 is 11.8 Å². The molecule has 1 atom stereocenters. The molecule has 0 saturated carbocycles. The number of hydrogen-bond acceptors (Lipinski definition) is 5. The zero-order chi connectivity index (χ0) is 13.1. The first-order chi connectivity index (χ1) is 8.11. The van der Waals surface area contributed by atoms with Crippen LogP contribution in [0.2, 0.25) is 0 Å². The normalized spacial score (nSPS) is 11.6. The van der Waals surface area contributed by atoms with Gasteiger partial charge in [0.2, 0.25) is 5.91 Å². The monoisotopic (exact) mass is 260 g/mol. The van der Waals surface area contributed by atoms with Crippen molar-refractivity contribution in [2.45, 2.75) is 19.4 Å². The van der Waals surface area contributed by atoms with Gasteiger partial charge in [0.25, 0.3) is 0 Å². The van der Waals surface area contributed by atoms with Crippen molar-refractivity contribution >= 4 is 23.6 Å². The van der Waals surface area contributed by atoms with Crippen LogP contribution in [0, 0.1) is 0 Å². The number of carbonyl (C=O) groups excluding carboxylic acids is 2. The fourth-order valence-corrected chi connectivity index (χ4v) is 1.83. The molecule has 98 valence electrons. The fraction of sp³-hybridized carbons (Fsp3) is 0.636. The molecule has 0 spiro atoms. The van der Waals surface area contributed by atoms with E-state index in [4.69, 9.17) is 10.5 Å². The van der Waals surface area contributed by atoms with Crippen molar-refractivity contribution in [3.8, 4) is 0 Å². The van der Waals surface area contributed by atoms with Crippen LogP contribution in [0.3, 0.4) is 0 Å². The zero-order valence-corrected chi connectivity index (χ0v) is 10.9. The van der Waals surface area contributed by atoms with Crippen LogP contribution < -0.4 is 11.1 Å². The van der Waals surface area contributed by atoms with Gasteiger partial charge in [0, 0.05) is 6.54 Å². The molecular formula is C11H20N2O3S. The van der Waals surface area contributed by atoms with Crippen molar-refractivity contribution in [3.05, 3.63) is 12.7 Å². The third-order valence-corrected chi connectivity index (χ3v) is 2.83. The first-order valence-electron chi connectivity index (χ1n) is 5.49. The maximum atomic E-state index is 11.2. The highest BCUT2D eigenvalue weighted by Crippen LogP contribution is 2.04. The summed E-state index contributed by atoms with van der Waals surface area (Å²) in [5.41, 5.74) is 5.60. The summed E-state index contributed by atoms with van der Waals surface area (Å²) in [7, 11) is 0. The van der Waals surface area contributed by atoms with Gasteiger partial charge in [0.1, 0.15) is 6.04 Å². The summed E-state index contributed by atoms with van der Waals surface area (Å²) in [6, 6.07) is -0.598. The third-order valence-electron chi connectivity index (χ3n) is 1.84. The van der Waals surface area contributed by atoms with Gasteiger partial charge in [-0.2, -0.15) is 11.8 Å². The largest absolute Gasteiger partial charge is 0.465 e. The van der Waals surface area contributed by atoms with Crippen molar-refractivity contribution in [3.63, 3.8) is 0 Å². The zero-order valence-electron chi connectivity index (χ0n) is 10.1. The average molecular weight is 260 g/mol. The van der Waals surface area contributed by atoms with Gasteiger partial charge in [0.15, 0.2) is 0 Å². The van der Waals surface area contributed by atoms with Gasteiger partial charge >= 0.3 is 5.97 Å². The lowest BCUT2D eigenvalue weighted by Gasteiger charge is -2.09. The molecule has 0 rings (SSSR count). The molecule has 0 radical (unpaired) electrons. The van der Waals surface area contributed by atoms with Gasteiger partial charge < -0.3 is 15.8 Å². The number of ether oxygens (including phenoxy) is 1. The number of nitrogens with one attached hydrogen (secondary N) is 1. The molecular weight excluding hydrogens is 240 g/mol. The van der Waals surface area contributed by atoms with Gasteiger partial charge in [-0.1, -0.05) is 6.08 Å². The SMILES string of the molecule is C=CCNC(=O)CSCCC(N)C(=O)OCC. The van der Waals surface area contributed by atoms with Crippen LogP contribution in [0.4, 0.5) is 0 Å². The van der Waals surface area contributed by atoms with Gasteiger partial charge in [-0.25, -0.2) is 0 Å². The van der Waals surface area contributed by atoms with E-state index in [1.807, 2.05) is 0 Å². The fourth-order valence-electron chi connectivity index (χ4n) is 0.979. The highest BCUT2D eigenvalue weighted by atomic mass is 32.2. The summed E-state index contributed by atoms with van der Waals surface area (Å²) in [5, 5.41) is 2.66. The predicted molar refractivity (Wildman–Crippen MR) is 69.8 cm³/mol. The molecule has 0 heterocycles. The van der Waals surface area contributed by atoms with Crippen LogP contribution in [0.1, 0.15) is 13.3 Å². The average Bonchev–Trinajstić information content (AvgIpc) is 2.32. The van der Waals surface area contributed by atoms with E-state index >= 15 is 0 Å².